The van der Waals surface area contributed by atoms with Crippen LogP contribution in [0.2, 0.25) is 0 Å². The van der Waals surface area contributed by atoms with Gasteiger partial charge in [0.05, 0.1) is 13.2 Å². The minimum atomic E-state index is -0.999. The number of carbonyl (C=O) groups is 2. The summed E-state index contributed by atoms with van der Waals surface area (Å²) in [4.78, 5) is 27.0. The van der Waals surface area contributed by atoms with Gasteiger partial charge < -0.3 is 14.6 Å². The molecule has 6 rings (SSSR count). The number of aliphatic hydroxyl groups is 1. The summed E-state index contributed by atoms with van der Waals surface area (Å²) < 4.78 is 11.8. The second kappa shape index (κ2) is 9.33. The summed E-state index contributed by atoms with van der Waals surface area (Å²) in [6.45, 7) is 6.35. The predicted molar refractivity (Wildman–Crippen MR) is 129 cm³/mol. The lowest BCUT2D eigenvalue weighted by Gasteiger charge is -2.39. The lowest BCUT2D eigenvalue weighted by Crippen LogP contribution is -2.46. The van der Waals surface area contributed by atoms with E-state index in [1.807, 2.05) is 30.3 Å². The third-order valence-corrected chi connectivity index (χ3v) is 8.95. The Morgan fingerprint density at radius 2 is 1.91 bits per heavy atom. The molecule has 5 heteroatoms. The van der Waals surface area contributed by atoms with E-state index in [4.69, 9.17) is 9.47 Å². The van der Waals surface area contributed by atoms with Gasteiger partial charge >= 0.3 is 5.97 Å². The number of ether oxygens (including phenoxy) is 2. The molecule has 0 saturated heterocycles. The van der Waals surface area contributed by atoms with Crippen molar-refractivity contribution in [2.24, 2.45) is 47.3 Å². The van der Waals surface area contributed by atoms with Crippen LogP contribution in [0.4, 0.5) is 0 Å². The van der Waals surface area contributed by atoms with Crippen LogP contribution in [-0.4, -0.2) is 36.2 Å². The molecule has 0 spiro atoms. The van der Waals surface area contributed by atoms with Crippen LogP contribution in [0.25, 0.3) is 0 Å². The van der Waals surface area contributed by atoms with Crippen molar-refractivity contribution in [2.75, 3.05) is 7.11 Å². The summed E-state index contributed by atoms with van der Waals surface area (Å²) in [5.41, 5.74) is 0.951. The van der Waals surface area contributed by atoms with E-state index in [1.165, 1.54) is 13.5 Å². The zero-order chi connectivity index (χ0) is 24.0. The first-order valence-corrected chi connectivity index (χ1v) is 12.8. The zero-order valence-corrected chi connectivity index (χ0v) is 20.1. The summed E-state index contributed by atoms with van der Waals surface area (Å²) >= 11 is 0. The summed E-state index contributed by atoms with van der Waals surface area (Å²) in [7, 11) is 1.31. The maximum atomic E-state index is 14.2. The Kier molecular flexibility index (Phi) is 6.41. The molecule has 1 aromatic carbocycles. The molecule has 5 aliphatic rings. The largest absolute Gasteiger partial charge is 0.490 e. The van der Waals surface area contributed by atoms with Gasteiger partial charge in [0, 0.05) is 17.8 Å². The average Bonchev–Trinajstić information content (AvgIpc) is 3.14. The lowest BCUT2D eigenvalue weighted by atomic mass is 9.65. The molecule has 5 nitrogen and oxygen atoms in total. The smallest absolute Gasteiger partial charge is 0.316 e. The highest BCUT2D eigenvalue weighted by Gasteiger charge is 2.59. The van der Waals surface area contributed by atoms with Gasteiger partial charge in [0.25, 0.3) is 0 Å². The highest BCUT2D eigenvalue weighted by Crippen LogP contribution is 2.57. The number of aliphatic hydroxyl groups excluding tert-OH is 1. The molecule has 10 atom stereocenters. The number of esters is 1. The minimum Gasteiger partial charge on any atom is -0.490 e. The molecule has 0 aromatic heterocycles. The van der Waals surface area contributed by atoms with Crippen LogP contribution in [0.1, 0.15) is 38.2 Å². The van der Waals surface area contributed by atoms with E-state index >= 15 is 0 Å². The number of methoxy groups -OCH3 is 1. The van der Waals surface area contributed by atoms with E-state index in [-0.39, 0.29) is 36.1 Å². The molecule has 2 aliphatic heterocycles. The molecular formula is C29H36O5. The quantitative estimate of drug-likeness (QED) is 0.399. The van der Waals surface area contributed by atoms with Crippen LogP contribution in [0.3, 0.4) is 0 Å². The van der Waals surface area contributed by atoms with E-state index in [0.29, 0.717) is 24.2 Å². The van der Waals surface area contributed by atoms with Gasteiger partial charge in [0.2, 0.25) is 0 Å². The maximum absolute atomic E-state index is 14.2. The van der Waals surface area contributed by atoms with E-state index in [9.17, 15) is 14.7 Å². The van der Waals surface area contributed by atoms with Gasteiger partial charge in [-0.25, -0.2) is 0 Å². The Morgan fingerprint density at radius 3 is 2.62 bits per heavy atom. The number of Topliss-reactive ketones (excluding diaryl/α,β-unsaturated/α-hetero) is 1. The van der Waals surface area contributed by atoms with Crippen LogP contribution in [0.5, 0.6) is 5.75 Å². The van der Waals surface area contributed by atoms with Crippen LogP contribution in [0.15, 0.2) is 49.1 Å². The van der Waals surface area contributed by atoms with Crippen LogP contribution in [0, 0.1) is 47.3 Å². The van der Waals surface area contributed by atoms with Gasteiger partial charge in [-0.05, 0) is 67.1 Å². The number of hydrogen-bond acceptors (Lipinski definition) is 5. The van der Waals surface area contributed by atoms with Gasteiger partial charge in [0.15, 0.2) is 5.78 Å². The van der Waals surface area contributed by atoms with Gasteiger partial charge in [-0.1, -0.05) is 43.7 Å². The molecule has 1 N–H and O–H groups in total. The van der Waals surface area contributed by atoms with E-state index in [1.54, 1.807) is 0 Å². The van der Waals surface area contributed by atoms with Crippen LogP contribution >= 0.6 is 0 Å². The lowest BCUT2D eigenvalue weighted by molar-refractivity contribution is -0.153. The van der Waals surface area contributed by atoms with Crippen molar-refractivity contribution in [1.82, 2.24) is 0 Å². The number of carbonyl (C=O) groups excluding carboxylic acids is 2. The summed E-state index contributed by atoms with van der Waals surface area (Å²) in [6.07, 6.45) is 9.15. The number of benzene rings is 1. The molecule has 0 radical (unpaired) electrons. The summed E-state index contributed by atoms with van der Waals surface area (Å²) in [5.74, 6) is 0.197. The third kappa shape index (κ3) is 4.02. The molecule has 2 bridgehead atoms. The van der Waals surface area contributed by atoms with E-state index < -0.39 is 23.9 Å². The average molecular weight is 465 g/mol. The van der Waals surface area contributed by atoms with Gasteiger partial charge in [-0.2, -0.15) is 0 Å². The summed E-state index contributed by atoms with van der Waals surface area (Å²) in [6, 6.07) is 7.91. The standard InChI is InChI=1S/C29H36O5/c1-4-18-8-12-21-23-13-16(2)5-11-22(23)28-26(21)25(18)27(31)24(29(32)33-3)15-19(30)14-17-6-9-20(34-28)10-7-17/h4,6-10,12,16,18-19,21-26,28,30H,1,5,11,13-15H2,2-3H3/t16-,18+,19-,21+,22-,23+,24-,25+,26+,28+/m1/s1. The number of fused-ring (bicyclic) bond motifs is 8. The van der Waals surface area contributed by atoms with Crippen molar-refractivity contribution in [1.29, 1.82) is 0 Å². The van der Waals surface area contributed by atoms with Crippen molar-refractivity contribution in [3.63, 3.8) is 0 Å². The second-order valence-electron chi connectivity index (χ2n) is 10.9. The molecule has 182 valence electrons. The molecule has 3 aliphatic carbocycles. The molecule has 34 heavy (non-hydrogen) atoms. The fourth-order valence-corrected chi connectivity index (χ4v) is 7.40. The molecule has 0 unspecified atom stereocenters. The Balaban J connectivity index is 1.63. The van der Waals surface area contributed by atoms with E-state index in [0.717, 1.165) is 24.2 Å². The molecule has 2 fully saturated rings. The van der Waals surface area contributed by atoms with Crippen molar-refractivity contribution < 1.29 is 24.2 Å². The predicted octanol–water partition coefficient (Wildman–Crippen LogP) is 4.39. The number of allylic oxidation sites excluding steroid dienone is 3. The molecule has 1 aromatic rings. The summed E-state index contributed by atoms with van der Waals surface area (Å²) in [5, 5.41) is 10.8. The van der Waals surface area contributed by atoms with Gasteiger partial charge in [-0.3, -0.25) is 9.59 Å². The van der Waals surface area contributed by atoms with Crippen LogP contribution < -0.4 is 4.74 Å². The maximum Gasteiger partial charge on any atom is 0.316 e. The molecule has 2 saturated carbocycles. The number of rotatable bonds is 2. The monoisotopic (exact) mass is 464 g/mol. The third-order valence-electron chi connectivity index (χ3n) is 8.95. The zero-order valence-electron chi connectivity index (χ0n) is 20.1. The topological polar surface area (TPSA) is 72.8 Å². The van der Waals surface area contributed by atoms with Crippen molar-refractivity contribution >= 4 is 11.8 Å². The van der Waals surface area contributed by atoms with Gasteiger partial charge in [0.1, 0.15) is 17.8 Å². The fourth-order valence-electron chi connectivity index (χ4n) is 7.40. The Labute approximate surface area is 202 Å². The fraction of sp³-hybridized carbons (Fsp3) is 0.586. The highest BCUT2D eigenvalue weighted by molar-refractivity contribution is 6.00. The Bertz CT molecular complexity index is 965. The van der Waals surface area contributed by atoms with Crippen molar-refractivity contribution in [3.05, 3.63) is 54.6 Å². The van der Waals surface area contributed by atoms with Gasteiger partial charge in [-0.15, -0.1) is 6.58 Å². The normalized spacial score (nSPS) is 41.2. The van der Waals surface area contributed by atoms with E-state index in [2.05, 4.69) is 25.7 Å². The number of hydrogen-bond donors (Lipinski definition) is 1. The number of ketones is 1. The Morgan fingerprint density at radius 1 is 1.15 bits per heavy atom. The van der Waals surface area contributed by atoms with Crippen LogP contribution in [-0.2, 0) is 20.7 Å². The molecular weight excluding hydrogens is 428 g/mol. The highest BCUT2D eigenvalue weighted by atomic mass is 16.5. The molecule has 0 amide bonds. The Hall–Kier alpha value is -2.40. The first-order valence-electron chi connectivity index (χ1n) is 12.8. The SMILES string of the molecule is C=C[C@H]1C=C[C@H]2[C@@H]3C[C@H](C)CC[C@H]3[C@@H]3Oc4ccc(cc4)C[C@@H](O)C[C@@H](C(=O)OC)C(=O)[C@@H]1[C@H]23. The minimum absolute atomic E-state index is 0.0365. The second-order valence-corrected chi connectivity index (χ2v) is 10.9. The first-order chi connectivity index (χ1) is 16.4. The van der Waals surface area contributed by atoms with Crippen molar-refractivity contribution in [2.45, 2.75) is 51.2 Å². The van der Waals surface area contributed by atoms with Crippen molar-refractivity contribution in [3.8, 4) is 5.75 Å². The first kappa shape index (κ1) is 23.3. The molecule has 2 heterocycles.